The topological polar surface area (TPSA) is 63.1 Å². The Hall–Kier alpha value is -2.30. The second-order valence-corrected chi connectivity index (χ2v) is 4.59. The molecule has 1 saturated carbocycles. The van der Waals surface area contributed by atoms with Crippen LogP contribution in [0.2, 0.25) is 0 Å². The van der Waals surface area contributed by atoms with Crippen LogP contribution in [-0.4, -0.2) is 21.0 Å². The molecule has 19 heavy (non-hydrogen) atoms. The summed E-state index contributed by atoms with van der Waals surface area (Å²) >= 11 is 0. The molecule has 2 atom stereocenters. The van der Waals surface area contributed by atoms with Crippen LogP contribution in [0, 0.1) is 11.7 Å². The van der Waals surface area contributed by atoms with Crippen molar-refractivity contribution >= 4 is 5.97 Å². The van der Waals surface area contributed by atoms with E-state index in [4.69, 9.17) is 5.11 Å². The predicted octanol–water partition coefficient (Wildman–Crippen LogP) is 2.47. The van der Waals surface area contributed by atoms with E-state index in [0.717, 1.165) is 5.56 Å². The van der Waals surface area contributed by atoms with E-state index in [0.29, 0.717) is 17.9 Å². The summed E-state index contributed by atoms with van der Waals surface area (Å²) in [5.41, 5.74) is 1.47. The minimum atomic E-state index is -0.805. The van der Waals surface area contributed by atoms with Gasteiger partial charge in [0, 0.05) is 17.7 Å². The van der Waals surface area contributed by atoms with Crippen molar-refractivity contribution in [2.45, 2.75) is 12.3 Å². The van der Waals surface area contributed by atoms with Crippen molar-refractivity contribution in [3.63, 3.8) is 0 Å². The van der Waals surface area contributed by atoms with Gasteiger partial charge in [0.2, 0.25) is 0 Å². The SMILES string of the molecule is O=C(O)C1CC1c1nccc(-c2ccc(F)cc2)n1. The van der Waals surface area contributed by atoms with E-state index >= 15 is 0 Å². The number of benzene rings is 1. The number of hydrogen-bond acceptors (Lipinski definition) is 3. The van der Waals surface area contributed by atoms with Gasteiger partial charge in [-0.1, -0.05) is 0 Å². The fraction of sp³-hybridized carbons (Fsp3) is 0.214. The Labute approximate surface area is 109 Å². The van der Waals surface area contributed by atoms with Crippen molar-refractivity contribution in [3.05, 3.63) is 48.2 Å². The number of hydrogen-bond donors (Lipinski definition) is 1. The van der Waals surface area contributed by atoms with Gasteiger partial charge in [0.1, 0.15) is 11.6 Å². The Balaban J connectivity index is 1.88. The zero-order valence-corrected chi connectivity index (χ0v) is 9.95. The molecule has 3 rings (SSSR count). The summed E-state index contributed by atoms with van der Waals surface area (Å²) in [6.07, 6.45) is 2.19. The lowest BCUT2D eigenvalue weighted by molar-refractivity contribution is -0.138. The van der Waals surface area contributed by atoms with Gasteiger partial charge >= 0.3 is 5.97 Å². The Bertz CT molecular complexity index is 628. The molecule has 0 saturated heterocycles. The number of halogens is 1. The molecule has 0 spiro atoms. The van der Waals surface area contributed by atoms with Crippen LogP contribution in [0.25, 0.3) is 11.3 Å². The van der Waals surface area contributed by atoms with Crippen LogP contribution in [0.15, 0.2) is 36.5 Å². The highest BCUT2D eigenvalue weighted by Crippen LogP contribution is 2.46. The normalized spacial score (nSPS) is 21.1. The molecule has 4 nitrogen and oxygen atoms in total. The molecule has 5 heteroatoms. The zero-order valence-electron chi connectivity index (χ0n) is 9.95. The molecule has 96 valence electrons. The van der Waals surface area contributed by atoms with Crippen LogP contribution in [0.3, 0.4) is 0 Å². The van der Waals surface area contributed by atoms with Gasteiger partial charge < -0.3 is 5.11 Å². The number of aliphatic carboxylic acids is 1. The average Bonchev–Trinajstić information content (AvgIpc) is 3.20. The quantitative estimate of drug-likeness (QED) is 0.918. The molecule has 1 aromatic carbocycles. The van der Waals surface area contributed by atoms with Crippen molar-refractivity contribution in [2.24, 2.45) is 5.92 Å². The van der Waals surface area contributed by atoms with Crippen molar-refractivity contribution in [1.29, 1.82) is 0 Å². The molecule has 1 aliphatic rings. The van der Waals surface area contributed by atoms with E-state index < -0.39 is 5.97 Å². The maximum Gasteiger partial charge on any atom is 0.307 e. The van der Waals surface area contributed by atoms with Gasteiger partial charge in [0.15, 0.2) is 0 Å². The van der Waals surface area contributed by atoms with Gasteiger partial charge in [-0.3, -0.25) is 4.79 Å². The third kappa shape index (κ3) is 2.31. The van der Waals surface area contributed by atoms with Gasteiger partial charge in [0.05, 0.1) is 11.6 Å². The van der Waals surface area contributed by atoms with Gasteiger partial charge in [-0.15, -0.1) is 0 Å². The highest BCUT2D eigenvalue weighted by atomic mass is 19.1. The minimum absolute atomic E-state index is 0.0992. The summed E-state index contributed by atoms with van der Waals surface area (Å²) in [5.74, 6) is -1.03. The first-order valence-electron chi connectivity index (χ1n) is 5.97. The first-order chi connectivity index (χ1) is 9.15. The number of carbonyl (C=O) groups is 1. The van der Waals surface area contributed by atoms with E-state index in [1.165, 1.54) is 12.1 Å². The van der Waals surface area contributed by atoms with Crippen molar-refractivity contribution in [1.82, 2.24) is 9.97 Å². The van der Waals surface area contributed by atoms with E-state index in [1.807, 2.05) is 0 Å². The van der Waals surface area contributed by atoms with Crippen LogP contribution in [0.4, 0.5) is 4.39 Å². The van der Waals surface area contributed by atoms with E-state index in [9.17, 15) is 9.18 Å². The monoisotopic (exact) mass is 258 g/mol. The summed E-state index contributed by atoms with van der Waals surface area (Å²) in [5, 5.41) is 8.90. The molecule has 0 amide bonds. The molecule has 2 unspecified atom stereocenters. The lowest BCUT2D eigenvalue weighted by Gasteiger charge is -2.03. The average molecular weight is 258 g/mol. The second kappa shape index (κ2) is 4.42. The number of nitrogens with zero attached hydrogens (tertiary/aromatic N) is 2. The fourth-order valence-electron chi connectivity index (χ4n) is 2.09. The first-order valence-corrected chi connectivity index (χ1v) is 5.97. The molecule has 0 radical (unpaired) electrons. The highest BCUT2D eigenvalue weighted by molar-refractivity contribution is 5.75. The lowest BCUT2D eigenvalue weighted by Crippen LogP contribution is -2.02. The lowest BCUT2D eigenvalue weighted by atomic mass is 10.1. The molecule has 1 aromatic heterocycles. The fourth-order valence-corrected chi connectivity index (χ4v) is 2.09. The smallest absolute Gasteiger partial charge is 0.307 e. The largest absolute Gasteiger partial charge is 0.481 e. The molecule has 0 aliphatic heterocycles. The summed E-state index contributed by atoms with van der Waals surface area (Å²) in [7, 11) is 0. The number of carboxylic acids is 1. The minimum Gasteiger partial charge on any atom is -0.481 e. The number of carboxylic acid groups (broad SMARTS) is 1. The molecule has 1 N–H and O–H groups in total. The third-order valence-electron chi connectivity index (χ3n) is 3.25. The highest BCUT2D eigenvalue weighted by Gasteiger charge is 2.46. The third-order valence-corrected chi connectivity index (χ3v) is 3.25. The van der Waals surface area contributed by atoms with Gasteiger partial charge in [-0.25, -0.2) is 14.4 Å². The molecule has 1 aliphatic carbocycles. The second-order valence-electron chi connectivity index (χ2n) is 4.59. The predicted molar refractivity (Wildman–Crippen MR) is 65.9 cm³/mol. The van der Waals surface area contributed by atoms with Crippen molar-refractivity contribution in [2.75, 3.05) is 0 Å². The van der Waals surface area contributed by atoms with Crippen LogP contribution in [-0.2, 0) is 4.79 Å². The summed E-state index contributed by atoms with van der Waals surface area (Å²) in [6.45, 7) is 0. The molecular weight excluding hydrogens is 247 g/mol. The van der Waals surface area contributed by atoms with Crippen LogP contribution >= 0.6 is 0 Å². The maximum absolute atomic E-state index is 12.9. The van der Waals surface area contributed by atoms with Crippen LogP contribution < -0.4 is 0 Å². The van der Waals surface area contributed by atoms with Crippen molar-refractivity contribution < 1.29 is 14.3 Å². The summed E-state index contributed by atoms with van der Waals surface area (Å²) < 4.78 is 12.9. The molecule has 0 bridgehead atoms. The number of rotatable bonds is 3. The molecule has 1 fully saturated rings. The van der Waals surface area contributed by atoms with E-state index in [2.05, 4.69) is 9.97 Å². The van der Waals surface area contributed by atoms with E-state index in [-0.39, 0.29) is 17.7 Å². The molecule has 1 heterocycles. The van der Waals surface area contributed by atoms with E-state index in [1.54, 1.807) is 24.4 Å². The Morgan fingerprint density at radius 3 is 2.63 bits per heavy atom. The Kier molecular flexibility index (Phi) is 2.74. The molecular formula is C14H11FN2O2. The molecule has 2 aromatic rings. The maximum atomic E-state index is 12.9. The van der Waals surface area contributed by atoms with Gasteiger partial charge in [-0.2, -0.15) is 0 Å². The Morgan fingerprint density at radius 1 is 1.26 bits per heavy atom. The van der Waals surface area contributed by atoms with Gasteiger partial charge in [-0.05, 0) is 36.8 Å². The van der Waals surface area contributed by atoms with Gasteiger partial charge in [0.25, 0.3) is 0 Å². The Morgan fingerprint density at radius 2 is 2.00 bits per heavy atom. The standard InChI is InChI=1S/C14H11FN2O2/c15-9-3-1-8(2-4-9)12-5-6-16-13(17-12)10-7-11(10)14(18)19/h1-6,10-11H,7H2,(H,18,19). The first kappa shape index (κ1) is 11.8. The summed E-state index contributed by atoms with van der Waals surface area (Å²) in [4.78, 5) is 19.3. The summed E-state index contributed by atoms with van der Waals surface area (Å²) in [6, 6.07) is 7.75. The number of aromatic nitrogens is 2. The van der Waals surface area contributed by atoms with Crippen LogP contribution in [0.5, 0.6) is 0 Å². The van der Waals surface area contributed by atoms with Crippen LogP contribution in [0.1, 0.15) is 18.2 Å². The van der Waals surface area contributed by atoms with Crippen molar-refractivity contribution in [3.8, 4) is 11.3 Å². The zero-order chi connectivity index (χ0) is 13.4.